The van der Waals surface area contributed by atoms with Crippen molar-refractivity contribution in [2.45, 2.75) is 12.2 Å². The van der Waals surface area contributed by atoms with E-state index in [4.69, 9.17) is 5.26 Å². The van der Waals surface area contributed by atoms with Gasteiger partial charge in [0.25, 0.3) is 0 Å². The van der Waals surface area contributed by atoms with Crippen LogP contribution in [0.2, 0.25) is 0 Å². The average Bonchev–Trinajstić information content (AvgIpc) is 3.05. The third-order valence-electron chi connectivity index (χ3n) is 3.58. The fourth-order valence-electron chi connectivity index (χ4n) is 2.32. The molecule has 0 aliphatic carbocycles. The molecule has 126 valence electrons. The second kappa shape index (κ2) is 8.65. The van der Waals surface area contributed by atoms with Gasteiger partial charge in [0.15, 0.2) is 0 Å². The van der Waals surface area contributed by atoms with Crippen molar-refractivity contribution in [2.75, 3.05) is 12.3 Å². The maximum Gasteiger partial charge on any atom is 0.230 e. The Morgan fingerprint density at radius 3 is 2.76 bits per heavy atom. The molecule has 25 heavy (non-hydrogen) atoms. The standard InChI is InChI=1S/C19H17N3OS2/c20-11-14-5-7-15(8-6-14)12-24-13-18(23)21-10-9-19-22-16-3-1-2-4-17(16)25-19/h1-8H,9-10,12-13H2,(H,21,23). The molecule has 4 nitrogen and oxygen atoms in total. The number of carbonyl (C=O) groups excluding carboxylic acids is 1. The Hall–Kier alpha value is -2.36. The van der Waals surface area contributed by atoms with E-state index in [-0.39, 0.29) is 5.91 Å². The summed E-state index contributed by atoms with van der Waals surface area (Å²) in [7, 11) is 0. The van der Waals surface area contributed by atoms with Crippen LogP contribution in [0.15, 0.2) is 48.5 Å². The van der Waals surface area contributed by atoms with Crippen molar-refractivity contribution in [3.63, 3.8) is 0 Å². The molecular formula is C19H17N3OS2. The molecule has 0 radical (unpaired) electrons. The smallest absolute Gasteiger partial charge is 0.230 e. The zero-order chi connectivity index (χ0) is 17.5. The Morgan fingerprint density at radius 1 is 1.20 bits per heavy atom. The highest BCUT2D eigenvalue weighted by molar-refractivity contribution is 7.99. The third kappa shape index (κ3) is 5.05. The highest BCUT2D eigenvalue weighted by atomic mass is 32.2. The van der Waals surface area contributed by atoms with E-state index in [1.54, 1.807) is 35.2 Å². The Bertz CT molecular complexity index is 864. The zero-order valence-electron chi connectivity index (χ0n) is 13.6. The third-order valence-corrected chi connectivity index (χ3v) is 5.68. The van der Waals surface area contributed by atoms with Crippen molar-refractivity contribution < 1.29 is 4.79 Å². The molecule has 0 unspecified atom stereocenters. The lowest BCUT2D eigenvalue weighted by atomic mass is 10.2. The Labute approximate surface area is 154 Å². The van der Waals surface area contributed by atoms with Crippen molar-refractivity contribution >= 4 is 39.2 Å². The molecule has 0 atom stereocenters. The molecule has 6 heteroatoms. The molecule has 1 N–H and O–H groups in total. The van der Waals surface area contributed by atoms with Crippen molar-refractivity contribution in [2.24, 2.45) is 0 Å². The molecule has 0 saturated heterocycles. The van der Waals surface area contributed by atoms with Gasteiger partial charge in [0.2, 0.25) is 5.91 Å². The molecule has 1 heterocycles. The SMILES string of the molecule is N#Cc1ccc(CSCC(=O)NCCc2nc3ccccc3s2)cc1. The van der Waals surface area contributed by atoms with Gasteiger partial charge in [-0.1, -0.05) is 24.3 Å². The van der Waals surface area contributed by atoms with Crippen LogP contribution in [0.4, 0.5) is 0 Å². The first-order valence-corrected chi connectivity index (χ1v) is 9.89. The second-order valence-corrected chi connectivity index (χ2v) is 7.58. The lowest BCUT2D eigenvalue weighted by Crippen LogP contribution is -2.27. The summed E-state index contributed by atoms with van der Waals surface area (Å²) >= 11 is 3.25. The first kappa shape index (κ1) is 17.5. The first-order valence-electron chi connectivity index (χ1n) is 7.92. The molecule has 3 rings (SSSR count). The van der Waals surface area contributed by atoms with Crippen molar-refractivity contribution in [3.05, 3.63) is 64.7 Å². The number of nitrogens with zero attached hydrogens (tertiary/aromatic N) is 2. The van der Waals surface area contributed by atoms with E-state index in [9.17, 15) is 4.79 Å². The molecular weight excluding hydrogens is 350 g/mol. The second-order valence-electron chi connectivity index (χ2n) is 5.48. The molecule has 3 aromatic rings. The number of nitrogens with one attached hydrogen (secondary N) is 1. The summed E-state index contributed by atoms with van der Waals surface area (Å²) in [4.78, 5) is 16.5. The summed E-state index contributed by atoms with van der Waals surface area (Å²) in [6.07, 6.45) is 0.755. The van der Waals surface area contributed by atoms with Crippen LogP contribution in [0.5, 0.6) is 0 Å². The van der Waals surface area contributed by atoms with E-state index in [1.807, 2.05) is 30.3 Å². The Kier molecular flexibility index (Phi) is 6.04. The van der Waals surface area contributed by atoms with E-state index in [1.165, 1.54) is 4.70 Å². The largest absolute Gasteiger partial charge is 0.355 e. The molecule has 0 aliphatic rings. The van der Waals surface area contributed by atoms with Crippen molar-refractivity contribution in [1.82, 2.24) is 10.3 Å². The highest BCUT2D eigenvalue weighted by Crippen LogP contribution is 2.21. The van der Waals surface area contributed by atoms with Gasteiger partial charge in [0, 0.05) is 18.7 Å². The minimum absolute atomic E-state index is 0.0414. The number of aromatic nitrogens is 1. The summed E-state index contributed by atoms with van der Waals surface area (Å²) in [6, 6.07) is 17.6. The van der Waals surface area contributed by atoms with Gasteiger partial charge >= 0.3 is 0 Å². The number of benzene rings is 2. The van der Waals surface area contributed by atoms with E-state index >= 15 is 0 Å². The van der Waals surface area contributed by atoms with E-state index in [2.05, 4.69) is 22.4 Å². The number of rotatable bonds is 7. The maximum atomic E-state index is 11.9. The van der Waals surface area contributed by atoms with Gasteiger partial charge in [-0.25, -0.2) is 4.98 Å². The van der Waals surface area contributed by atoms with Gasteiger partial charge in [0.1, 0.15) is 0 Å². The number of hydrogen-bond donors (Lipinski definition) is 1. The quantitative estimate of drug-likeness (QED) is 0.690. The van der Waals surface area contributed by atoms with Gasteiger partial charge in [-0.3, -0.25) is 4.79 Å². The molecule has 1 amide bonds. The topological polar surface area (TPSA) is 65.8 Å². The average molecular weight is 367 g/mol. The summed E-state index contributed by atoms with van der Waals surface area (Å²) in [6.45, 7) is 0.607. The summed E-state index contributed by atoms with van der Waals surface area (Å²) < 4.78 is 1.18. The van der Waals surface area contributed by atoms with Crippen LogP contribution < -0.4 is 5.32 Å². The predicted molar refractivity (Wildman–Crippen MR) is 104 cm³/mol. The lowest BCUT2D eigenvalue weighted by molar-refractivity contribution is -0.118. The van der Waals surface area contributed by atoms with Gasteiger partial charge in [0.05, 0.1) is 32.6 Å². The van der Waals surface area contributed by atoms with Crippen molar-refractivity contribution in [3.8, 4) is 6.07 Å². The minimum atomic E-state index is 0.0414. The Morgan fingerprint density at radius 2 is 2.00 bits per heavy atom. The predicted octanol–water partition coefficient (Wildman–Crippen LogP) is 3.76. The number of para-hydroxylation sites is 1. The Balaban J connectivity index is 1.37. The van der Waals surface area contributed by atoms with Crippen LogP contribution in [-0.4, -0.2) is 23.2 Å². The van der Waals surface area contributed by atoms with Gasteiger partial charge in [-0.05, 0) is 29.8 Å². The molecule has 0 aliphatic heterocycles. The highest BCUT2D eigenvalue weighted by Gasteiger charge is 2.05. The number of hydrogen-bond acceptors (Lipinski definition) is 5. The minimum Gasteiger partial charge on any atom is -0.355 e. The van der Waals surface area contributed by atoms with Crippen LogP contribution in [0.25, 0.3) is 10.2 Å². The van der Waals surface area contributed by atoms with Crippen LogP contribution in [0.3, 0.4) is 0 Å². The molecule has 0 bridgehead atoms. The van der Waals surface area contributed by atoms with E-state index in [0.717, 1.165) is 28.3 Å². The summed E-state index contributed by atoms with van der Waals surface area (Å²) in [5.41, 5.74) is 2.79. The van der Waals surface area contributed by atoms with Gasteiger partial charge < -0.3 is 5.32 Å². The molecule has 1 aromatic heterocycles. The molecule has 2 aromatic carbocycles. The van der Waals surface area contributed by atoms with Crippen LogP contribution in [0, 0.1) is 11.3 Å². The number of thioether (sulfide) groups is 1. The number of nitriles is 1. The van der Waals surface area contributed by atoms with Crippen LogP contribution in [0.1, 0.15) is 16.1 Å². The zero-order valence-corrected chi connectivity index (χ0v) is 15.2. The van der Waals surface area contributed by atoms with Crippen LogP contribution >= 0.6 is 23.1 Å². The fraction of sp³-hybridized carbons (Fsp3) is 0.211. The first-order chi connectivity index (χ1) is 12.2. The summed E-state index contributed by atoms with van der Waals surface area (Å²) in [5, 5.41) is 12.8. The normalized spacial score (nSPS) is 10.5. The molecule has 0 saturated carbocycles. The summed E-state index contributed by atoms with van der Waals surface area (Å²) in [5.74, 6) is 1.23. The number of carbonyl (C=O) groups is 1. The number of fused-ring (bicyclic) bond motifs is 1. The fourth-order valence-corrected chi connectivity index (χ4v) is 4.11. The van der Waals surface area contributed by atoms with Gasteiger partial charge in [-0.2, -0.15) is 5.26 Å². The van der Waals surface area contributed by atoms with Crippen LogP contribution in [-0.2, 0) is 17.0 Å². The van der Waals surface area contributed by atoms with Gasteiger partial charge in [-0.15, -0.1) is 23.1 Å². The monoisotopic (exact) mass is 367 g/mol. The number of amides is 1. The van der Waals surface area contributed by atoms with E-state index < -0.39 is 0 Å². The lowest BCUT2D eigenvalue weighted by Gasteiger charge is -2.04. The van der Waals surface area contributed by atoms with E-state index in [0.29, 0.717) is 17.9 Å². The molecule has 0 fully saturated rings. The van der Waals surface area contributed by atoms with Crippen molar-refractivity contribution in [1.29, 1.82) is 5.26 Å². The maximum absolute atomic E-state index is 11.9. The molecule has 0 spiro atoms. The number of thiazole rings is 1.